The number of unbranched alkanes of at least 4 members (excludes halogenated alkanes) is 8. The number of aliphatic carboxylic acids is 1. The molecule has 4 heteroatoms. The quantitative estimate of drug-likeness (QED) is 0.480. The molecule has 0 saturated heterocycles. The van der Waals surface area contributed by atoms with Crippen LogP contribution in [0.5, 0.6) is 0 Å². The number of hydrogen-bond donors (Lipinski definition) is 1. The summed E-state index contributed by atoms with van der Waals surface area (Å²) in [6.07, 6.45) is 11.5. The third-order valence-electron chi connectivity index (χ3n) is 2.49. The SMILES string of the molecule is CCCCCCCCCCCC(=O)O.Cl.[NaH]. The molecule has 16 heavy (non-hydrogen) atoms. The second-order valence-electron chi connectivity index (χ2n) is 3.97. The van der Waals surface area contributed by atoms with Crippen LogP contribution >= 0.6 is 12.4 Å². The molecule has 0 unspecified atom stereocenters. The van der Waals surface area contributed by atoms with Gasteiger partial charge in [0, 0.05) is 6.42 Å². The van der Waals surface area contributed by atoms with E-state index in [0.717, 1.165) is 12.8 Å². The Hall–Kier alpha value is 0.760. The maximum atomic E-state index is 10.2. The van der Waals surface area contributed by atoms with Crippen molar-refractivity contribution >= 4 is 47.9 Å². The van der Waals surface area contributed by atoms with Crippen LogP contribution in [0.25, 0.3) is 0 Å². The fourth-order valence-electron chi connectivity index (χ4n) is 1.59. The first-order valence-corrected chi connectivity index (χ1v) is 5.99. The monoisotopic (exact) mass is 260 g/mol. The molecule has 0 radical (unpaired) electrons. The molecule has 0 spiro atoms. The Kier molecular flexibility index (Phi) is 24.9. The van der Waals surface area contributed by atoms with Crippen molar-refractivity contribution < 1.29 is 9.90 Å². The van der Waals surface area contributed by atoms with Gasteiger partial charge >= 0.3 is 35.5 Å². The van der Waals surface area contributed by atoms with Gasteiger partial charge in [-0.2, -0.15) is 0 Å². The van der Waals surface area contributed by atoms with Gasteiger partial charge in [-0.15, -0.1) is 12.4 Å². The van der Waals surface area contributed by atoms with Gasteiger partial charge in [-0.25, -0.2) is 0 Å². The predicted octanol–water partition coefficient (Wildman–Crippen LogP) is 3.77. The van der Waals surface area contributed by atoms with Crippen molar-refractivity contribution in [1.82, 2.24) is 0 Å². The van der Waals surface area contributed by atoms with Crippen LogP contribution in [0.4, 0.5) is 0 Å². The van der Waals surface area contributed by atoms with Crippen molar-refractivity contribution in [3.05, 3.63) is 0 Å². The van der Waals surface area contributed by atoms with Gasteiger partial charge in [0.2, 0.25) is 0 Å². The number of hydrogen-bond acceptors (Lipinski definition) is 1. The Morgan fingerprint density at radius 2 is 1.25 bits per heavy atom. The molecule has 2 nitrogen and oxygen atoms in total. The normalized spacial score (nSPS) is 9.06. The van der Waals surface area contributed by atoms with Crippen molar-refractivity contribution in [2.75, 3.05) is 0 Å². The van der Waals surface area contributed by atoms with E-state index >= 15 is 0 Å². The third-order valence-corrected chi connectivity index (χ3v) is 2.49. The van der Waals surface area contributed by atoms with E-state index in [4.69, 9.17) is 5.11 Å². The van der Waals surface area contributed by atoms with Crippen LogP contribution in [0.2, 0.25) is 0 Å². The van der Waals surface area contributed by atoms with E-state index in [1.54, 1.807) is 0 Å². The molecule has 0 aliphatic heterocycles. The molecule has 0 fully saturated rings. The molecule has 0 rings (SSSR count). The zero-order valence-corrected chi connectivity index (χ0v) is 10.7. The Morgan fingerprint density at radius 3 is 1.62 bits per heavy atom. The number of rotatable bonds is 10. The molecule has 0 saturated carbocycles. The molecule has 0 atom stereocenters. The summed E-state index contributed by atoms with van der Waals surface area (Å²) in [7, 11) is 0. The summed E-state index contributed by atoms with van der Waals surface area (Å²) in [4.78, 5) is 10.2. The second kappa shape index (κ2) is 18.1. The standard InChI is InChI=1S/C12H24O2.ClH.Na.H/c1-2-3-4-5-6-7-8-9-10-11-12(13)14;;;/h2-11H2,1H3,(H,13,14);1H;;. The summed E-state index contributed by atoms with van der Waals surface area (Å²) < 4.78 is 0. The van der Waals surface area contributed by atoms with Gasteiger partial charge in [-0.3, -0.25) is 4.79 Å². The van der Waals surface area contributed by atoms with Gasteiger partial charge in [0.05, 0.1) is 0 Å². The Labute approximate surface area is 128 Å². The van der Waals surface area contributed by atoms with E-state index in [9.17, 15) is 4.79 Å². The van der Waals surface area contributed by atoms with Crippen molar-refractivity contribution in [2.45, 2.75) is 71.1 Å². The van der Waals surface area contributed by atoms with E-state index in [1.165, 1.54) is 44.9 Å². The molecule has 0 aromatic heterocycles. The first kappa shape index (κ1) is 22.0. The number of halogens is 1. The topological polar surface area (TPSA) is 37.3 Å². The molecule has 0 aromatic rings. The first-order chi connectivity index (χ1) is 6.77. The predicted molar refractivity (Wildman–Crippen MR) is 73.9 cm³/mol. The number of carboxylic acid groups (broad SMARTS) is 1. The van der Waals surface area contributed by atoms with E-state index in [2.05, 4.69) is 6.92 Å². The summed E-state index contributed by atoms with van der Waals surface area (Å²) in [5.41, 5.74) is 0. The van der Waals surface area contributed by atoms with Gasteiger partial charge in [0.25, 0.3) is 0 Å². The van der Waals surface area contributed by atoms with Crippen molar-refractivity contribution in [2.24, 2.45) is 0 Å². The zero-order valence-electron chi connectivity index (χ0n) is 9.83. The van der Waals surface area contributed by atoms with Crippen molar-refractivity contribution in [3.63, 3.8) is 0 Å². The Bertz CT molecular complexity index is 143. The van der Waals surface area contributed by atoms with E-state index < -0.39 is 5.97 Å². The van der Waals surface area contributed by atoms with E-state index in [0.29, 0.717) is 6.42 Å². The third kappa shape index (κ3) is 20.2. The van der Waals surface area contributed by atoms with Gasteiger partial charge in [0.15, 0.2) is 0 Å². The minimum atomic E-state index is -0.659. The summed E-state index contributed by atoms with van der Waals surface area (Å²) in [5.74, 6) is -0.659. The summed E-state index contributed by atoms with van der Waals surface area (Å²) in [6.45, 7) is 2.23. The zero-order chi connectivity index (χ0) is 10.6. The second-order valence-corrected chi connectivity index (χ2v) is 3.97. The van der Waals surface area contributed by atoms with Gasteiger partial charge in [0.1, 0.15) is 0 Å². The molecule has 1 N–H and O–H groups in total. The van der Waals surface area contributed by atoms with Crippen LogP contribution < -0.4 is 0 Å². The van der Waals surface area contributed by atoms with Gasteiger partial charge < -0.3 is 5.11 Å². The average Bonchev–Trinajstić information content (AvgIpc) is 2.15. The van der Waals surface area contributed by atoms with Crippen LogP contribution in [0, 0.1) is 0 Å². The van der Waals surface area contributed by atoms with Crippen LogP contribution in [0.15, 0.2) is 0 Å². The summed E-state index contributed by atoms with van der Waals surface area (Å²) >= 11 is 0. The minimum absolute atomic E-state index is 0. The molecule has 0 bridgehead atoms. The maximum absolute atomic E-state index is 10.2. The molecule has 0 aromatic carbocycles. The summed E-state index contributed by atoms with van der Waals surface area (Å²) in [6, 6.07) is 0. The molecule has 94 valence electrons. The average molecular weight is 261 g/mol. The first-order valence-electron chi connectivity index (χ1n) is 5.99. The number of carbonyl (C=O) groups is 1. The van der Waals surface area contributed by atoms with E-state index in [1.807, 2.05) is 0 Å². The van der Waals surface area contributed by atoms with Crippen LogP contribution in [-0.2, 0) is 4.79 Å². The van der Waals surface area contributed by atoms with Crippen LogP contribution in [-0.4, -0.2) is 40.6 Å². The van der Waals surface area contributed by atoms with Gasteiger partial charge in [-0.05, 0) is 6.42 Å². The van der Waals surface area contributed by atoms with Gasteiger partial charge in [-0.1, -0.05) is 58.3 Å². The van der Waals surface area contributed by atoms with Crippen molar-refractivity contribution in [1.29, 1.82) is 0 Å². The van der Waals surface area contributed by atoms with Crippen LogP contribution in [0.1, 0.15) is 71.1 Å². The summed E-state index contributed by atoms with van der Waals surface area (Å²) in [5, 5.41) is 8.41. The molecule has 0 heterocycles. The van der Waals surface area contributed by atoms with Crippen LogP contribution in [0.3, 0.4) is 0 Å². The molecular formula is C12H26ClNaO2. The fourth-order valence-corrected chi connectivity index (χ4v) is 1.59. The molecular weight excluding hydrogens is 235 g/mol. The Morgan fingerprint density at radius 1 is 0.875 bits per heavy atom. The molecule has 0 amide bonds. The van der Waals surface area contributed by atoms with E-state index in [-0.39, 0.29) is 42.0 Å². The Balaban J connectivity index is -0.000000845. The van der Waals surface area contributed by atoms with Crippen molar-refractivity contribution in [3.8, 4) is 0 Å². The fraction of sp³-hybridized carbons (Fsp3) is 0.917. The molecule has 0 aliphatic rings. The molecule has 0 aliphatic carbocycles. The number of carboxylic acids is 1.